The average molecular weight is 283 g/mol. The first-order valence-electron chi connectivity index (χ1n) is 5.75. The van der Waals surface area contributed by atoms with Crippen molar-refractivity contribution in [1.29, 1.82) is 0 Å². The van der Waals surface area contributed by atoms with Crippen molar-refractivity contribution in [2.75, 3.05) is 0 Å². The molecule has 0 aliphatic heterocycles. The number of nitrogens with one attached hydrogen (secondary N) is 1. The minimum atomic E-state index is -0.596. The lowest BCUT2D eigenvalue weighted by Gasteiger charge is -2.17. The summed E-state index contributed by atoms with van der Waals surface area (Å²) in [6.07, 6.45) is 0.308. The molecule has 19 heavy (non-hydrogen) atoms. The molecule has 0 aliphatic rings. The number of halogens is 3. The molecule has 3 N–H and O–H groups in total. The number of nitrogens with two attached hydrogens (primary N) is 1. The van der Waals surface area contributed by atoms with Gasteiger partial charge in [-0.2, -0.15) is 0 Å². The Bertz CT molecular complexity index is 575. The van der Waals surface area contributed by atoms with E-state index in [1.54, 1.807) is 18.2 Å². The molecule has 2 rings (SSSR count). The van der Waals surface area contributed by atoms with Gasteiger partial charge in [-0.05, 0) is 35.7 Å². The average Bonchev–Trinajstić information content (AvgIpc) is 2.38. The van der Waals surface area contributed by atoms with Gasteiger partial charge in [0.05, 0.1) is 6.04 Å². The number of hydrogen-bond donors (Lipinski definition) is 2. The molecule has 1 atom stereocenters. The minimum absolute atomic E-state index is 0.293. The second kappa shape index (κ2) is 6.10. The van der Waals surface area contributed by atoms with E-state index >= 15 is 0 Å². The van der Waals surface area contributed by atoms with Crippen LogP contribution in [-0.4, -0.2) is 0 Å². The third kappa shape index (κ3) is 3.50. The quantitative estimate of drug-likeness (QED) is 0.666. The Hall–Kier alpha value is -1.49. The van der Waals surface area contributed by atoms with Crippen molar-refractivity contribution in [3.63, 3.8) is 0 Å². The molecule has 0 spiro atoms. The van der Waals surface area contributed by atoms with E-state index < -0.39 is 11.6 Å². The van der Waals surface area contributed by atoms with E-state index in [0.29, 0.717) is 17.0 Å². The smallest absolute Gasteiger partial charge is 0.129 e. The van der Waals surface area contributed by atoms with Crippen LogP contribution in [0.3, 0.4) is 0 Å². The Morgan fingerprint density at radius 2 is 1.95 bits per heavy atom. The van der Waals surface area contributed by atoms with E-state index in [1.807, 2.05) is 6.07 Å². The molecule has 0 aromatic heterocycles. The maximum Gasteiger partial charge on any atom is 0.129 e. The van der Waals surface area contributed by atoms with Crippen LogP contribution < -0.4 is 11.3 Å². The molecule has 2 aromatic carbocycles. The molecule has 0 aliphatic carbocycles. The van der Waals surface area contributed by atoms with Crippen molar-refractivity contribution in [2.45, 2.75) is 12.5 Å². The van der Waals surface area contributed by atoms with Gasteiger partial charge in [-0.15, -0.1) is 0 Å². The van der Waals surface area contributed by atoms with E-state index in [9.17, 15) is 8.78 Å². The van der Waals surface area contributed by atoms with E-state index in [-0.39, 0.29) is 6.04 Å². The lowest BCUT2D eigenvalue weighted by molar-refractivity contribution is 0.522. The van der Waals surface area contributed by atoms with E-state index in [4.69, 9.17) is 17.4 Å². The Balaban J connectivity index is 2.24. The number of hydrogen-bond acceptors (Lipinski definition) is 2. The Morgan fingerprint density at radius 3 is 2.58 bits per heavy atom. The first-order valence-corrected chi connectivity index (χ1v) is 6.13. The summed E-state index contributed by atoms with van der Waals surface area (Å²) in [6, 6.07) is 10.4. The number of hydrazine groups is 1. The van der Waals surface area contributed by atoms with Crippen LogP contribution in [-0.2, 0) is 6.42 Å². The lowest BCUT2D eigenvalue weighted by Crippen LogP contribution is -2.29. The van der Waals surface area contributed by atoms with Gasteiger partial charge in [0.15, 0.2) is 0 Å². The van der Waals surface area contributed by atoms with Crippen molar-refractivity contribution in [2.24, 2.45) is 5.84 Å². The summed E-state index contributed by atoms with van der Waals surface area (Å²) in [5.74, 6) is 4.32. The molecule has 0 saturated carbocycles. The van der Waals surface area contributed by atoms with Crippen molar-refractivity contribution in [3.05, 3.63) is 70.2 Å². The van der Waals surface area contributed by atoms with Gasteiger partial charge in [0.1, 0.15) is 11.6 Å². The molecular weight excluding hydrogens is 270 g/mol. The van der Waals surface area contributed by atoms with Crippen molar-refractivity contribution in [3.8, 4) is 0 Å². The van der Waals surface area contributed by atoms with Crippen molar-refractivity contribution in [1.82, 2.24) is 5.43 Å². The maximum atomic E-state index is 13.6. The molecule has 0 saturated heterocycles. The number of benzene rings is 2. The largest absolute Gasteiger partial charge is 0.271 e. The topological polar surface area (TPSA) is 38.0 Å². The Morgan fingerprint density at radius 1 is 1.16 bits per heavy atom. The maximum absolute atomic E-state index is 13.6. The SMILES string of the molecule is NNC(Cc1ccc(F)cc1F)c1cccc(Cl)c1. The van der Waals surface area contributed by atoms with Gasteiger partial charge in [0, 0.05) is 11.1 Å². The molecule has 5 heteroatoms. The predicted octanol–water partition coefficient (Wildman–Crippen LogP) is 3.37. The highest BCUT2D eigenvalue weighted by molar-refractivity contribution is 6.30. The summed E-state index contributed by atoms with van der Waals surface area (Å²) in [4.78, 5) is 0. The fourth-order valence-corrected chi connectivity index (χ4v) is 2.10. The zero-order chi connectivity index (χ0) is 13.8. The molecular formula is C14H13ClF2N2. The van der Waals surface area contributed by atoms with E-state index in [2.05, 4.69) is 5.43 Å². The summed E-state index contributed by atoms with van der Waals surface area (Å²) in [7, 11) is 0. The van der Waals surface area contributed by atoms with E-state index in [1.165, 1.54) is 12.1 Å². The normalized spacial score (nSPS) is 12.4. The van der Waals surface area contributed by atoms with Crippen LogP contribution in [0.25, 0.3) is 0 Å². The van der Waals surface area contributed by atoms with Gasteiger partial charge in [-0.25, -0.2) is 8.78 Å². The molecule has 0 radical (unpaired) electrons. The Kier molecular flexibility index (Phi) is 4.47. The molecule has 1 unspecified atom stereocenters. The zero-order valence-corrected chi connectivity index (χ0v) is 10.8. The fourth-order valence-electron chi connectivity index (χ4n) is 1.90. The van der Waals surface area contributed by atoms with E-state index in [0.717, 1.165) is 11.6 Å². The summed E-state index contributed by atoms with van der Waals surface area (Å²) in [5, 5.41) is 0.581. The highest BCUT2D eigenvalue weighted by Crippen LogP contribution is 2.22. The fraction of sp³-hybridized carbons (Fsp3) is 0.143. The van der Waals surface area contributed by atoms with Crippen LogP contribution in [0, 0.1) is 11.6 Å². The molecule has 0 fully saturated rings. The molecule has 100 valence electrons. The van der Waals surface area contributed by atoms with Gasteiger partial charge in [0.2, 0.25) is 0 Å². The molecule has 0 amide bonds. The predicted molar refractivity (Wildman–Crippen MR) is 71.6 cm³/mol. The summed E-state index contributed by atoms with van der Waals surface area (Å²) in [5.41, 5.74) is 3.86. The van der Waals surface area contributed by atoms with Gasteiger partial charge < -0.3 is 0 Å². The summed E-state index contributed by atoms with van der Waals surface area (Å²) < 4.78 is 26.5. The van der Waals surface area contributed by atoms with Crippen molar-refractivity contribution < 1.29 is 8.78 Å². The lowest BCUT2D eigenvalue weighted by atomic mass is 9.99. The van der Waals surface area contributed by atoms with Crippen molar-refractivity contribution >= 4 is 11.6 Å². The third-order valence-electron chi connectivity index (χ3n) is 2.89. The van der Waals surface area contributed by atoms with Gasteiger partial charge in [-0.1, -0.05) is 29.8 Å². The third-order valence-corrected chi connectivity index (χ3v) is 3.13. The first-order chi connectivity index (χ1) is 9.10. The molecule has 2 aromatic rings. The molecule has 0 heterocycles. The van der Waals surface area contributed by atoms with Crippen LogP contribution >= 0.6 is 11.6 Å². The first kappa shape index (κ1) is 13.9. The standard InChI is InChI=1S/C14H13ClF2N2/c15-11-3-1-2-10(6-11)14(19-18)7-9-4-5-12(16)8-13(9)17/h1-6,8,14,19H,7,18H2. The van der Waals surface area contributed by atoms with Crippen LogP contribution in [0.4, 0.5) is 8.78 Å². The summed E-state index contributed by atoms with van der Waals surface area (Å²) >= 11 is 5.91. The highest BCUT2D eigenvalue weighted by atomic mass is 35.5. The number of rotatable bonds is 4. The molecule has 2 nitrogen and oxygen atoms in total. The van der Waals surface area contributed by atoms with Crippen LogP contribution in [0.2, 0.25) is 5.02 Å². The highest BCUT2D eigenvalue weighted by Gasteiger charge is 2.14. The summed E-state index contributed by atoms with van der Waals surface area (Å²) in [6.45, 7) is 0. The molecule has 0 bridgehead atoms. The van der Waals surface area contributed by atoms with Crippen LogP contribution in [0.5, 0.6) is 0 Å². The zero-order valence-electron chi connectivity index (χ0n) is 10.0. The van der Waals surface area contributed by atoms with Crippen LogP contribution in [0.15, 0.2) is 42.5 Å². The Labute approximate surface area is 115 Å². The second-order valence-electron chi connectivity index (χ2n) is 4.21. The van der Waals surface area contributed by atoms with Gasteiger partial charge in [-0.3, -0.25) is 11.3 Å². The van der Waals surface area contributed by atoms with Gasteiger partial charge in [0.25, 0.3) is 0 Å². The van der Waals surface area contributed by atoms with Crippen LogP contribution in [0.1, 0.15) is 17.2 Å². The second-order valence-corrected chi connectivity index (χ2v) is 4.65. The van der Waals surface area contributed by atoms with Gasteiger partial charge >= 0.3 is 0 Å². The monoisotopic (exact) mass is 282 g/mol. The minimum Gasteiger partial charge on any atom is -0.271 e.